The molecule has 1 aromatic heterocycles. The van der Waals surface area contributed by atoms with E-state index in [0.717, 1.165) is 0 Å². The lowest BCUT2D eigenvalue weighted by molar-refractivity contribution is -0.0400. The second-order valence-electron chi connectivity index (χ2n) is 5.03. The van der Waals surface area contributed by atoms with Gasteiger partial charge in [-0.15, -0.1) is 0 Å². The number of carbonyl (C=O) groups excluding carboxylic acids is 1. The van der Waals surface area contributed by atoms with Crippen molar-refractivity contribution in [3.63, 3.8) is 0 Å². The Morgan fingerprint density at radius 3 is 2.60 bits per heavy atom. The molecule has 2 rings (SSSR count). The van der Waals surface area contributed by atoms with Crippen LogP contribution in [0.4, 0.5) is 8.78 Å². The van der Waals surface area contributed by atoms with Crippen LogP contribution in [0, 0.1) is 0 Å². The molecule has 1 aliphatic carbocycles. The highest BCUT2D eigenvalue weighted by Crippen LogP contribution is 2.40. The summed E-state index contributed by atoms with van der Waals surface area (Å²) >= 11 is 0. The molecule has 0 saturated heterocycles. The predicted molar refractivity (Wildman–Crippen MR) is 68.0 cm³/mol. The Bertz CT molecular complexity index is 475. The van der Waals surface area contributed by atoms with Crippen LogP contribution in [0.2, 0.25) is 0 Å². The number of oxazole rings is 1. The first-order chi connectivity index (χ1) is 9.46. The van der Waals surface area contributed by atoms with E-state index >= 15 is 0 Å². The molecule has 0 spiro atoms. The zero-order chi connectivity index (χ0) is 14.8. The number of carbonyl (C=O) groups is 1. The van der Waals surface area contributed by atoms with Gasteiger partial charge in [0, 0.05) is 18.8 Å². The first kappa shape index (κ1) is 14.9. The maximum Gasteiger partial charge on any atom is 0.376 e. The van der Waals surface area contributed by atoms with Gasteiger partial charge in [0.05, 0.1) is 12.3 Å². The molecular weight excluding hydrogens is 268 g/mol. The minimum Gasteiger partial charge on any atom is -0.460 e. The van der Waals surface area contributed by atoms with E-state index in [1.165, 1.54) is 0 Å². The number of hydrogen-bond donors (Lipinski definition) is 0. The molecular formula is C14H19F2NO3. The van der Waals surface area contributed by atoms with E-state index in [-0.39, 0.29) is 31.1 Å². The average molecular weight is 287 g/mol. The summed E-state index contributed by atoms with van der Waals surface area (Å²) in [7, 11) is 0. The summed E-state index contributed by atoms with van der Waals surface area (Å²) < 4.78 is 36.7. The van der Waals surface area contributed by atoms with E-state index in [0.29, 0.717) is 30.8 Å². The third-order valence-corrected chi connectivity index (χ3v) is 3.58. The number of esters is 1. The van der Waals surface area contributed by atoms with Crippen molar-refractivity contribution in [3.05, 3.63) is 17.3 Å². The maximum atomic E-state index is 13.1. The third kappa shape index (κ3) is 3.16. The van der Waals surface area contributed by atoms with Gasteiger partial charge in [0.1, 0.15) is 0 Å². The lowest BCUT2D eigenvalue weighted by Crippen LogP contribution is -2.23. The summed E-state index contributed by atoms with van der Waals surface area (Å²) in [6.45, 7) is 3.83. The van der Waals surface area contributed by atoms with Gasteiger partial charge in [0.2, 0.25) is 11.7 Å². The Hall–Kier alpha value is -1.46. The fourth-order valence-corrected chi connectivity index (χ4v) is 2.43. The molecule has 0 aromatic carbocycles. The minimum atomic E-state index is -2.58. The van der Waals surface area contributed by atoms with Gasteiger partial charge >= 0.3 is 5.97 Å². The first-order valence-electron chi connectivity index (χ1n) is 7.01. The predicted octanol–water partition coefficient (Wildman–Crippen LogP) is 3.71. The fourth-order valence-electron chi connectivity index (χ4n) is 2.43. The second-order valence-corrected chi connectivity index (χ2v) is 5.03. The summed E-state index contributed by atoms with van der Waals surface area (Å²) in [4.78, 5) is 16.0. The van der Waals surface area contributed by atoms with E-state index < -0.39 is 11.9 Å². The highest BCUT2D eigenvalue weighted by atomic mass is 19.3. The van der Waals surface area contributed by atoms with E-state index in [4.69, 9.17) is 9.15 Å². The van der Waals surface area contributed by atoms with Crippen LogP contribution in [0.25, 0.3) is 0 Å². The molecule has 0 amide bonds. The third-order valence-electron chi connectivity index (χ3n) is 3.58. The monoisotopic (exact) mass is 287 g/mol. The van der Waals surface area contributed by atoms with Crippen LogP contribution in [-0.2, 0) is 11.2 Å². The molecule has 1 aromatic rings. The number of halogens is 2. The molecule has 1 fully saturated rings. The SMILES string of the molecule is CCOC(=O)c1oc(C2CCC(F)(F)CC2)nc1CC. The molecule has 20 heavy (non-hydrogen) atoms. The van der Waals surface area contributed by atoms with Crippen LogP contribution in [0.1, 0.15) is 67.6 Å². The number of nitrogens with zero attached hydrogens (tertiary/aromatic N) is 1. The molecule has 0 aliphatic heterocycles. The molecule has 112 valence electrons. The number of aryl methyl sites for hydroxylation is 1. The van der Waals surface area contributed by atoms with E-state index in [9.17, 15) is 13.6 Å². The fraction of sp³-hybridized carbons (Fsp3) is 0.714. The van der Waals surface area contributed by atoms with Gasteiger partial charge in [-0.3, -0.25) is 0 Å². The van der Waals surface area contributed by atoms with Crippen molar-refractivity contribution in [1.82, 2.24) is 4.98 Å². The van der Waals surface area contributed by atoms with Crippen molar-refractivity contribution in [2.24, 2.45) is 0 Å². The molecule has 0 bridgehead atoms. The van der Waals surface area contributed by atoms with Gasteiger partial charge in [-0.2, -0.15) is 0 Å². The highest BCUT2D eigenvalue weighted by molar-refractivity contribution is 5.87. The van der Waals surface area contributed by atoms with Crippen molar-refractivity contribution in [2.75, 3.05) is 6.61 Å². The normalized spacial score (nSPS) is 19.0. The van der Waals surface area contributed by atoms with Crippen LogP contribution in [0.3, 0.4) is 0 Å². The van der Waals surface area contributed by atoms with Gasteiger partial charge in [-0.1, -0.05) is 6.92 Å². The number of alkyl halides is 2. The van der Waals surface area contributed by atoms with Crippen molar-refractivity contribution in [1.29, 1.82) is 0 Å². The number of ether oxygens (including phenoxy) is 1. The van der Waals surface area contributed by atoms with Crippen molar-refractivity contribution >= 4 is 5.97 Å². The topological polar surface area (TPSA) is 52.3 Å². The van der Waals surface area contributed by atoms with Gasteiger partial charge in [0.25, 0.3) is 0 Å². The smallest absolute Gasteiger partial charge is 0.376 e. The molecule has 0 radical (unpaired) electrons. The van der Waals surface area contributed by atoms with Crippen LogP contribution >= 0.6 is 0 Å². The summed E-state index contributed by atoms with van der Waals surface area (Å²) in [6, 6.07) is 0. The Kier molecular flexibility index (Phi) is 4.40. The zero-order valence-electron chi connectivity index (χ0n) is 11.7. The van der Waals surface area contributed by atoms with Crippen LogP contribution in [-0.4, -0.2) is 23.5 Å². The Labute approximate surface area is 116 Å². The molecule has 0 unspecified atom stereocenters. The molecule has 1 aliphatic rings. The van der Waals surface area contributed by atoms with Crippen molar-refractivity contribution in [2.45, 2.75) is 57.8 Å². The number of aromatic nitrogens is 1. The summed E-state index contributed by atoms with van der Waals surface area (Å²) in [6.07, 6.45) is 0.894. The Morgan fingerprint density at radius 2 is 2.05 bits per heavy atom. The van der Waals surface area contributed by atoms with Crippen LogP contribution in [0.5, 0.6) is 0 Å². The highest BCUT2D eigenvalue weighted by Gasteiger charge is 2.37. The van der Waals surface area contributed by atoms with Crippen molar-refractivity contribution < 1.29 is 22.7 Å². The molecule has 0 N–H and O–H groups in total. The van der Waals surface area contributed by atoms with E-state index in [1.807, 2.05) is 6.92 Å². The van der Waals surface area contributed by atoms with Gasteiger partial charge in [0.15, 0.2) is 5.89 Å². The van der Waals surface area contributed by atoms with E-state index in [2.05, 4.69) is 4.98 Å². The largest absolute Gasteiger partial charge is 0.460 e. The number of hydrogen-bond acceptors (Lipinski definition) is 4. The molecule has 0 atom stereocenters. The average Bonchev–Trinajstić information content (AvgIpc) is 2.83. The maximum absolute atomic E-state index is 13.1. The minimum absolute atomic E-state index is 0.113. The lowest BCUT2D eigenvalue weighted by atomic mass is 9.87. The standard InChI is InChI=1S/C14H19F2NO3/c1-3-10-11(13(18)19-4-2)20-12(17-10)9-5-7-14(15,16)8-6-9/h9H,3-8H2,1-2H3. The lowest BCUT2D eigenvalue weighted by Gasteiger charge is -2.26. The first-order valence-corrected chi connectivity index (χ1v) is 7.01. The summed E-state index contributed by atoms with van der Waals surface area (Å²) in [5.74, 6) is -2.75. The van der Waals surface area contributed by atoms with Crippen molar-refractivity contribution in [3.8, 4) is 0 Å². The van der Waals surface area contributed by atoms with Crippen LogP contribution < -0.4 is 0 Å². The second kappa shape index (κ2) is 5.89. The van der Waals surface area contributed by atoms with Gasteiger partial charge in [-0.05, 0) is 26.2 Å². The Balaban J connectivity index is 2.15. The zero-order valence-corrected chi connectivity index (χ0v) is 11.7. The van der Waals surface area contributed by atoms with E-state index in [1.54, 1.807) is 6.92 Å². The Morgan fingerprint density at radius 1 is 1.40 bits per heavy atom. The molecule has 1 heterocycles. The van der Waals surface area contributed by atoms with Gasteiger partial charge < -0.3 is 9.15 Å². The quantitative estimate of drug-likeness (QED) is 0.792. The number of rotatable bonds is 4. The summed E-state index contributed by atoms with van der Waals surface area (Å²) in [5, 5.41) is 0. The molecule has 6 heteroatoms. The molecule has 4 nitrogen and oxygen atoms in total. The van der Waals surface area contributed by atoms with Gasteiger partial charge in [-0.25, -0.2) is 18.6 Å². The van der Waals surface area contributed by atoms with Crippen LogP contribution in [0.15, 0.2) is 4.42 Å². The molecule has 1 saturated carbocycles. The summed E-state index contributed by atoms with van der Waals surface area (Å²) in [5.41, 5.74) is 0.538.